The van der Waals surface area contributed by atoms with E-state index in [9.17, 15) is 9.18 Å². The zero-order valence-electron chi connectivity index (χ0n) is 11.4. The Labute approximate surface area is 130 Å². The van der Waals surface area contributed by atoms with Gasteiger partial charge in [-0.25, -0.2) is 5.43 Å². The number of rotatable bonds is 4. The van der Waals surface area contributed by atoms with E-state index in [1.54, 1.807) is 18.2 Å². The molecule has 1 N–H and O–H groups in total. The third-order valence-corrected chi connectivity index (χ3v) is 3.79. The minimum atomic E-state index is -0.322. The second kappa shape index (κ2) is 6.36. The topological polar surface area (TPSA) is 46.4 Å². The number of hydrogen-bond donors (Lipinski definition) is 1. The van der Waals surface area contributed by atoms with Gasteiger partial charge in [0.1, 0.15) is 0 Å². The van der Waals surface area contributed by atoms with Gasteiger partial charge in [-0.1, -0.05) is 12.1 Å². The van der Waals surface area contributed by atoms with Gasteiger partial charge in [-0.3, -0.25) is 4.79 Å². The molecule has 0 saturated heterocycles. The lowest BCUT2D eigenvalue weighted by Gasteiger charge is -2.08. The highest BCUT2D eigenvalue weighted by molar-refractivity contribution is 7.12. The second-order valence-electron chi connectivity index (χ2n) is 4.45. The predicted octanol–water partition coefficient (Wildman–Crippen LogP) is 3.44. The van der Waals surface area contributed by atoms with Gasteiger partial charge in [0.25, 0.3) is 5.91 Å². The molecule has 0 aliphatic rings. The van der Waals surface area contributed by atoms with Gasteiger partial charge in [0.05, 0.1) is 22.3 Å². The van der Waals surface area contributed by atoms with Crippen molar-refractivity contribution in [1.29, 1.82) is 0 Å². The average molecular weight is 313 g/mol. The van der Waals surface area contributed by atoms with E-state index in [-0.39, 0.29) is 11.0 Å². The molecule has 6 heteroatoms. The number of hydrogen-bond acceptors (Lipinski definition) is 3. The zero-order valence-corrected chi connectivity index (χ0v) is 12.3. The van der Waals surface area contributed by atoms with Crippen molar-refractivity contribution in [3.05, 3.63) is 76.5 Å². The van der Waals surface area contributed by atoms with Gasteiger partial charge < -0.3 is 4.57 Å². The van der Waals surface area contributed by atoms with Gasteiger partial charge in [0.15, 0.2) is 5.13 Å². The Balaban J connectivity index is 1.77. The first-order chi connectivity index (χ1) is 10.7. The lowest BCUT2D eigenvalue weighted by molar-refractivity contribution is 0.0955. The second-order valence-corrected chi connectivity index (χ2v) is 5.51. The molecule has 3 aromatic rings. The number of hydrazone groups is 1. The number of aromatic nitrogens is 1. The Morgan fingerprint density at radius 2 is 1.91 bits per heavy atom. The number of carbonyl (C=O) groups excluding carboxylic acids is 1. The molecular formula is C16H12FN3OS. The van der Waals surface area contributed by atoms with Crippen molar-refractivity contribution in [1.82, 2.24) is 9.99 Å². The maximum absolute atomic E-state index is 12.9. The summed E-state index contributed by atoms with van der Waals surface area (Å²) in [5, 5.41) is 3.58. The molecule has 0 saturated carbocycles. The van der Waals surface area contributed by atoms with E-state index < -0.39 is 0 Å². The van der Waals surface area contributed by atoms with Crippen LogP contribution < -0.4 is 5.43 Å². The largest absolute Gasteiger partial charge is 0.323 e. The smallest absolute Gasteiger partial charge is 0.273 e. The maximum atomic E-state index is 12.9. The summed E-state index contributed by atoms with van der Waals surface area (Å²) in [6.07, 6.45) is 5.15. The average Bonchev–Trinajstić information content (AvgIpc) is 3.19. The summed E-state index contributed by atoms with van der Waals surface area (Å²) in [5.41, 5.74) is 3.73. The summed E-state index contributed by atoms with van der Waals surface area (Å²) >= 11 is 0.965. The van der Waals surface area contributed by atoms with Crippen LogP contribution in [-0.4, -0.2) is 16.7 Å². The minimum absolute atomic E-state index is 0.286. The van der Waals surface area contributed by atoms with E-state index in [4.69, 9.17) is 0 Å². The van der Waals surface area contributed by atoms with E-state index in [0.717, 1.165) is 17.0 Å². The third kappa shape index (κ3) is 3.12. The van der Waals surface area contributed by atoms with E-state index in [1.165, 1.54) is 12.3 Å². The van der Waals surface area contributed by atoms with Crippen LogP contribution in [0.3, 0.4) is 0 Å². The lowest BCUT2D eigenvalue weighted by atomic mass is 10.1. The molecule has 0 unspecified atom stereocenters. The Bertz CT molecular complexity index is 808. The Hall–Kier alpha value is -2.73. The monoisotopic (exact) mass is 313 g/mol. The van der Waals surface area contributed by atoms with Crippen LogP contribution in [0.25, 0.3) is 5.69 Å². The summed E-state index contributed by atoms with van der Waals surface area (Å²) < 4.78 is 14.7. The zero-order chi connectivity index (χ0) is 15.4. The maximum Gasteiger partial charge on any atom is 0.273 e. The molecule has 0 fully saturated rings. The number of nitrogens with zero attached hydrogens (tertiary/aromatic N) is 2. The van der Waals surface area contributed by atoms with Crippen LogP contribution in [0.1, 0.15) is 15.2 Å². The fourth-order valence-corrected chi connectivity index (χ4v) is 2.60. The molecule has 1 aromatic carbocycles. The molecule has 1 amide bonds. The van der Waals surface area contributed by atoms with Gasteiger partial charge in [-0.15, -0.1) is 11.3 Å². The van der Waals surface area contributed by atoms with Crippen LogP contribution in [0.5, 0.6) is 0 Å². The first kappa shape index (κ1) is 14.2. The van der Waals surface area contributed by atoms with Crippen LogP contribution >= 0.6 is 11.3 Å². The lowest BCUT2D eigenvalue weighted by Crippen LogP contribution is -2.19. The van der Waals surface area contributed by atoms with Crippen molar-refractivity contribution in [3.63, 3.8) is 0 Å². The minimum Gasteiger partial charge on any atom is -0.323 e. The highest BCUT2D eigenvalue weighted by atomic mass is 32.1. The number of nitrogens with one attached hydrogen (secondary N) is 1. The summed E-state index contributed by atoms with van der Waals surface area (Å²) in [6, 6.07) is 14.0. The number of benzene rings is 1. The van der Waals surface area contributed by atoms with E-state index in [2.05, 4.69) is 10.5 Å². The van der Waals surface area contributed by atoms with Gasteiger partial charge in [0, 0.05) is 12.4 Å². The summed E-state index contributed by atoms with van der Waals surface area (Å²) in [4.78, 5) is 12.9. The third-order valence-electron chi connectivity index (χ3n) is 2.98. The van der Waals surface area contributed by atoms with Gasteiger partial charge >= 0.3 is 0 Å². The summed E-state index contributed by atoms with van der Waals surface area (Å²) in [5.74, 6) is -0.322. The number of thiophene rings is 1. The molecule has 0 radical (unpaired) electrons. The van der Waals surface area contributed by atoms with Crippen molar-refractivity contribution in [2.75, 3.05) is 0 Å². The molecule has 22 heavy (non-hydrogen) atoms. The number of amides is 1. The molecule has 2 aromatic heterocycles. The van der Waals surface area contributed by atoms with Crippen molar-refractivity contribution < 1.29 is 9.18 Å². The number of halogens is 1. The van der Waals surface area contributed by atoms with Crippen molar-refractivity contribution in [2.45, 2.75) is 0 Å². The summed E-state index contributed by atoms with van der Waals surface area (Å²) in [6.45, 7) is 0. The highest BCUT2D eigenvalue weighted by Crippen LogP contribution is 2.15. The van der Waals surface area contributed by atoms with Crippen LogP contribution in [0.2, 0.25) is 0 Å². The van der Waals surface area contributed by atoms with Crippen LogP contribution in [-0.2, 0) is 0 Å². The molecule has 110 valence electrons. The molecule has 0 aliphatic carbocycles. The Kier molecular flexibility index (Phi) is 4.11. The molecule has 0 aliphatic heterocycles. The fourth-order valence-electron chi connectivity index (χ4n) is 2.00. The van der Waals surface area contributed by atoms with Crippen molar-refractivity contribution >= 4 is 23.5 Å². The fraction of sp³-hybridized carbons (Fsp3) is 0. The first-order valence-corrected chi connectivity index (χ1v) is 7.37. The summed E-state index contributed by atoms with van der Waals surface area (Å²) in [7, 11) is 0. The van der Waals surface area contributed by atoms with Crippen LogP contribution in [0.15, 0.2) is 66.0 Å². The van der Waals surface area contributed by atoms with E-state index in [0.29, 0.717) is 10.4 Å². The molecule has 3 rings (SSSR count). The van der Waals surface area contributed by atoms with Gasteiger partial charge in [0.2, 0.25) is 0 Å². The van der Waals surface area contributed by atoms with Gasteiger partial charge in [-0.2, -0.15) is 9.49 Å². The van der Waals surface area contributed by atoms with Crippen molar-refractivity contribution in [3.8, 4) is 5.69 Å². The molecule has 0 spiro atoms. The van der Waals surface area contributed by atoms with Crippen LogP contribution in [0, 0.1) is 5.13 Å². The standard InChI is InChI=1S/C16H12FN3OS/c17-15-8-7-12(22-15)11-18-19-16(21)13-5-1-2-6-14(13)20-9-3-4-10-20/h1-11H,(H,19,21)/b18-11+. The molecule has 2 heterocycles. The SMILES string of the molecule is O=C(N/N=C/c1ccc(F)s1)c1ccccc1-n1cccc1. The first-order valence-electron chi connectivity index (χ1n) is 6.55. The number of para-hydroxylation sites is 1. The Morgan fingerprint density at radius 3 is 2.64 bits per heavy atom. The predicted molar refractivity (Wildman–Crippen MR) is 85.1 cm³/mol. The van der Waals surface area contributed by atoms with Crippen LogP contribution in [0.4, 0.5) is 4.39 Å². The highest BCUT2D eigenvalue weighted by Gasteiger charge is 2.10. The molecule has 0 atom stereocenters. The molecule has 4 nitrogen and oxygen atoms in total. The Morgan fingerprint density at radius 1 is 1.14 bits per heavy atom. The molecule has 0 bridgehead atoms. The quantitative estimate of drug-likeness (QED) is 0.582. The van der Waals surface area contributed by atoms with Gasteiger partial charge in [-0.05, 0) is 36.4 Å². The van der Waals surface area contributed by atoms with Crippen molar-refractivity contribution in [2.24, 2.45) is 5.10 Å². The van der Waals surface area contributed by atoms with E-state index in [1.807, 2.05) is 41.2 Å². The van der Waals surface area contributed by atoms with E-state index >= 15 is 0 Å². The number of carbonyl (C=O) groups is 1. The normalized spacial score (nSPS) is 11.0. The molecular weight excluding hydrogens is 301 g/mol.